The SMILES string of the molecule is O=C1CON=N1.O=c1[nH]cno1. The Morgan fingerprint density at radius 2 is 2.33 bits per heavy atom. The average molecular weight is 172 g/mol. The van der Waals surface area contributed by atoms with Crippen molar-refractivity contribution in [2.24, 2.45) is 10.4 Å². The van der Waals surface area contributed by atoms with Crippen molar-refractivity contribution in [3.8, 4) is 0 Å². The fourth-order valence-electron chi connectivity index (χ4n) is 0.367. The number of carbonyl (C=O) groups is 1. The second-order valence-electron chi connectivity index (χ2n) is 1.61. The number of hydrogen-bond donors (Lipinski definition) is 1. The molecule has 1 aliphatic rings. The summed E-state index contributed by atoms with van der Waals surface area (Å²) in [6, 6.07) is 0. The van der Waals surface area contributed by atoms with E-state index >= 15 is 0 Å². The summed E-state index contributed by atoms with van der Waals surface area (Å²) < 4.78 is 3.97. The highest BCUT2D eigenvalue weighted by atomic mass is 16.7. The fourth-order valence-corrected chi connectivity index (χ4v) is 0.367. The highest BCUT2D eigenvalue weighted by Crippen LogP contribution is 1.90. The van der Waals surface area contributed by atoms with Gasteiger partial charge in [0.2, 0.25) is 6.61 Å². The summed E-state index contributed by atoms with van der Waals surface area (Å²) in [5.41, 5.74) is 0. The minimum Gasteiger partial charge on any atom is -0.369 e. The standard InChI is InChI=1S/2C2H2N2O2/c5-2-3-1-4-6-2;5-2-1-6-4-3-2/h1H,(H,3,4,5);1H2. The molecule has 0 aliphatic carbocycles. The number of H-pyrrole nitrogens is 1. The van der Waals surface area contributed by atoms with Crippen LogP contribution in [-0.2, 0) is 9.63 Å². The maximum absolute atomic E-state index is 9.86. The van der Waals surface area contributed by atoms with Crippen LogP contribution in [0, 0.1) is 0 Å². The topological polar surface area (TPSA) is 110 Å². The molecule has 1 amide bonds. The van der Waals surface area contributed by atoms with Gasteiger partial charge in [-0.3, -0.25) is 14.3 Å². The van der Waals surface area contributed by atoms with Crippen molar-refractivity contribution in [1.29, 1.82) is 0 Å². The normalized spacial score (nSPS) is 13.5. The number of rotatable bonds is 0. The van der Waals surface area contributed by atoms with Crippen molar-refractivity contribution in [3.05, 3.63) is 16.9 Å². The smallest absolute Gasteiger partial charge is 0.369 e. The molecule has 0 spiro atoms. The Kier molecular flexibility index (Phi) is 2.71. The Morgan fingerprint density at radius 3 is 2.50 bits per heavy atom. The van der Waals surface area contributed by atoms with E-state index in [9.17, 15) is 9.59 Å². The molecule has 8 heteroatoms. The van der Waals surface area contributed by atoms with Crippen LogP contribution in [0.15, 0.2) is 26.0 Å². The highest BCUT2D eigenvalue weighted by Gasteiger charge is 2.03. The van der Waals surface area contributed by atoms with Crippen molar-refractivity contribution in [2.45, 2.75) is 0 Å². The predicted octanol–water partition coefficient (Wildman–Crippen LogP) is -0.727. The molecule has 0 fully saturated rings. The van der Waals surface area contributed by atoms with Gasteiger partial charge in [0, 0.05) is 5.28 Å². The molecule has 12 heavy (non-hydrogen) atoms. The van der Waals surface area contributed by atoms with Gasteiger partial charge in [0.1, 0.15) is 6.33 Å². The van der Waals surface area contributed by atoms with Gasteiger partial charge in [-0.1, -0.05) is 10.3 Å². The lowest BCUT2D eigenvalue weighted by Gasteiger charge is -1.71. The Bertz CT molecular complexity index is 309. The third-order valence-electron chi connectivity index (χ3n) is 0.769. The molecule has 0 bridgehead atoms. The molecule has 1 aromatic heterocycles. The van der Waals surface area contributed by atoms with Gasteiger partial charge in [0.15, 0.2) is 0 Å². The van der Waals surface area contributed by atoms with Crippen LogP contribution in [0.5, 0.6) is 0 Å². The lowest BCUT2D eigenvalue weighted by atomic mass is 10.7. The van der Waals surface area contributed by atoms with E-state index in [-0.39, 0.29) is 12.5 Å². The minimum atomic E-state index is -0.519. The van der Waals surface area contributed by atoms with Crippen molar-refractivity contribution in [3.63, 3.8) is 0 Å². The second-order valence-corrected chi connectivity index (χ2v) is 1.61. The lowest BCUT2D eigenvalue weighted by Crippen LogP contribution is -1.92. The zero-order chi connectivity index (χ0) is 8.81. The van der Waals surface area contributed by atoms with Gasteiger partial charge in [-0.05, 0) is 0 Å². The van der Waals surface area contributed by atoms with Gasteiger partial charge in [-0.25, -0.2) is 4.79 Å². The molecular weight excluding hydrogens is 168 g/mol. The summed E-state index contributed by atoms with van der Waals surface area (Å²) in [5, 5.41) is 9.02. The van der Waals surface area contributed by atoms with E-state index in [0.29, 0.717) is 0 Å². The Hall–Kier alpha value is -1.99. The maximum atomic E-state index is 9.86. The van der Waals surface area contributed by atoms with Crippen molar-refractivity contribution in [2.75, 3.05) is 6.61 Å². The third kappa shape index (κ3) is 2.73. The molecule has 0 saturated carbocycles. The van der Waals surface area contributed by atoms with E-state index in [0.717, 1.165) is 0 Å². The zero-order valence-corrected chi connectivity index (χ0v) is 5.76. The number of hydrogen-bond acceptors (Lipinski definition) is 6. The second kappa shape index (κ2) is 4.01. The first-order chi connectivity index (χ1) is 5.79. The number of amides is 1. The summed E-state index contributed by atoms with van der Waals surface area (Å²) in [4.78, 5) is 26.0. The lowest BCUT2D eigenvalue weighted by molar-refractivity contribution is -0.118. The Morgan fingerprint density at radius 1 is 1.50 bits per heavy atom. The van der Waals surface area contributed by atoms with Gasteiger partial charge in [-0.15, -0.1) is 0 Å². The molecule has 0 atom stereocenters. The molecule has 2 rings (SSSR count). The van der Waals surface area contributed by atoms with Crippen LogP contribution >= 0.6 is 0 Å². The van der Waals surface area contributed by atoms with Crippen molar-refractivity contribution < 1.29 is 14.2 Å². The van der Waals surface area contributed by atoms with E-state index < -0.39 is 5.76 Å². The first-order valence-electron chi connectivity index (χ1n) is 2.84. The molecule has 0 radical (unpaired) electrons. The molecule has 1 aliphatic heterocycles. The summed E-state index contributed by atoms with van der Waals surface area (Å²) in [5.74, 6) is -0.829. The summed E-state index contributed by atoms with van der Waals surface area (Å²) in [7, 11) is 0. The van der Waals surface area contributed by atoms with Gasteiger partial charge < -0.3 is 4.84 Å². The van der Waals surface area contributed by atoms with Crippen molar-refractivity contribution >= 4 is 5.91 Å². The molecule has 2 heterocycles. The molecule has 64 valence electrons. The molecule has 0 aromatic carbocycles. The van der Waals surface area contributed by atoms with Crippen LogP contribution in [0.3, 0.4) is 0 Å². The molecule has 0 unspecified atom stereocenters. The Balaban J connectivity index is 0.000000120. The first-order valence-corrected chi connectivity index (χ1v) is 2.84. The van der Waals surface area contributed by atoms with Crippen LogP contribution in [0.25, 0.3) is 0 Å². The quantitative estimate of drug-likeness (QED) is 0.554. The zero-order valence-electron chi connectivity index (χ0n) is 5.76. The summed E-state index contributed by atoms with van der Waals surface area (Å²) in [6.07, 6.45) is 1.18. The fraction of sp³-hybridized carbons (Fsp3) is 0.250. The number of aromatic amines is 1. The average Bonchev–Trinajstić information content (AvgIpc) is 2.63. The third-order valence-corrected chi connectivity index (χ3v) is 0.769. The van der Waals surface area contributed by atoms with E-state index in [2.05, 4.69) is 29.9 Å². The molecule has 8 nitrogen and oxygen atoms in total. The monoisotopic (exact) mass is 172 g/mol. The predicted molar refractivity (Wildman–Crippen MR) is 32.9 cm³/mol. The van der Waals surface area contributed by atoms with E-state index in [1.807, 2.05) is 0 Å². The number of nitrogens with zero attached hydrogens (tertiary/aromatic N) is 3. The number of aromatic nitrogens is 2. The van der Waals surface area contributed by atoms with Gasteiger partial charge >= 0.3 is 11.7 Å². The molecule has 1 N–H and O–H groups in total. The van der Waals surface area contributed by atoms with E-state index in [1.54, 1.807) is 0 Å². The van der Waals surface area contributed by atoms with E-state index in [4.69, 9.17) is 0 Å². The number of nitrogens with one attached hydrogen (secondary N) is 1. The Labute approximate surface area is 65.2 Å². The van der Waals surface area contributed by atoms with Gasteiger partial charge in [-0.2, -0.15) is 0 Å². The van der Waals surface area contributed by atoms with Crippen LogP contribution in [0.2, 0.25) is 0 Å². The summed E-state index contributed by atoms with van der Waals surface area (Å²) >= 11 is 0. The molecular formula is C4H4N4O4. The van der Waals surface area contributed by atoms with Gasteiger partial charge in [0.05, 0.1) is 0 Å². The van der Waals surface area contributed by atoms with Crippen molar-refractivity contribution in [1.82, 2.24) is 10.1 Å². The minimum absolute atomic E-state index is 0.0139. The van der Waals surface area contributed by atoms with Crippen LogP contribution in [0.1, 0.15) is 0 Å². The largest absolute Gasteiger partial charge is 0.438 e. The summed E-state index contributed by atoms with van der Waals surface area (Å²) in [6.45, 7) is 0.0139. The van der Waals surface area contributed by atoms with Crippen LogP contribution in [0.4, 0.5) is 0 Å². The van der Waals surface area contributed by atoms with Gasteiger partial charge in [0.25, 0.3) is 0 Å². The highest BCUT2D eigenvalue weighted by molar-refractivity contribution is 5.78. The number of carbonyl (C=O) groups excluding carboxylic acids is 1. The molecule has 1 aromatic rings. The molecule has 0 saturated heterocycles. The first kappa shape index (κ1) is 8.11. The van der Waals surface area contributed by atoms with Crippen LogP contribution < -0.4 is 5.76 Å². The van der Waals surface area contributed by atoms with Crippen LogP contribution in [-0.4, -0.2) is 22.7 Å². The maximum Gasteiger partial charge on any atom is 0.438 e. The van der Waals surface area contributed by atoms with E-state index in [1.165, 1.54) is 6.33 Å².